The normalized spacial score (nSPS) is 17.9. The summed E-state index contributed by atoms with van der Waals surface area (Å²) in [6.07, 6.45) is 4.57. The molecule has 4 nitrogen and oxygen atoms in total. The number of pyridine rings is 1. The summed E-state index contributed by atoms with van der Waals surface area (Å²) in [5.41, 5.74) is 1.00. The van der Waals surface area contributed by atoms with Crippen molar-refractivity contribution in [3.8, 4) is 11.5 Å². The SMILES string of the molecule is c1cncc(Oc2ccccc2NC[C@@H]2CCOC2)c1. The first-order valence-electron chi connectivity index (χ1n) is 6.90. The Kier molecular flexibility index (Phi) is 4.13. The lowest BCUT2D eigenvalue weighted by Gasteiger charge is -2.14. The number of nitrogens with one attached hydrogen (secondary N) is 1. The van der Waals surface area contributed by atoms with E-state index in [1.54, 1.807) is 12.4 Å². The van der Waals surface area contributed by atoms with Crippen LogP contribution in [0.25, 0.3) is 0 Å². The van der Waals surface area contributed by atoms with Crippen molar-refractivity contribution >= 4 is 5.69 Å². The third-order valence-corrected chi connectivity index (χ3v) is 3.35. The molecule has 0 amide bonds. The Bertz CT molecular complexity index is 539. The van der Waals surface area contributed by atoms with E-state index in [4.69, 9.17) is 9.47 Å². The Hall–Kier alpha value is -2.07. The van der Waals surface area contributed by atoms with Crippen molar-refractivity contribution in [2.45, 2.75) is 6.42 Å². The van der Waals surface area contributed by atoms with Crippen molar-refractivity contribution in [3.05, 3.63) is 48.8 Å². The highest BCUT2D eigenvalue weighted by Gasteiger charge is 2.15. The standard InChI is InChI=1S/C16H18N2O2/c1-2-6-16(20-14-4-3-8-17-11-14)15(5-1)18-10-13-7-9-19-12-13/h1-6,8,11,13,18H,7,9-10,12H2/t13-/m0/s1. The molecule has 1 aliphatic heterocycles. The highest BCUT2D eigenvalue weighted by Crippen LogP contribution is 2.29. The number of para-hydroxylation sites is 2. The zero-order valence-electron chi connectivity index (χ0n) is 11.3. The lowest BCUT2D eigenvalue weighted by molar-refractivity contribution is 0.187. The highest BCUT2D eigenvalue weighted by atomic mass is 16.5. The Balaban J connectivity index is 1.67. The van der Waals surface area contributed by atoms with Gasteiger partial charge in [0.25, 0.3) is 0 Å². The Morgan fingerprint density at radius 2 is 2.20 bits per heavy atom. The molecule has 1 atom stereocenters. The molecule has 0 radical (unpaired) electrons. The maximum absolute atomic E-state index is 5.87. The van der Waals surface area contributed by atoms with Crippen LogP contribution in [0.4, 0.5) is 5.69 Å². The lowest BCUT2D eigenvalue weighted by atomic mass is 10.1. The van der Waals surface area contributed by atoms with Crippen LogP contribution in [0, 0.1) is 5.92 Å². The van der Waals surface area contributed by atoms with Gasteiger partial charge in [-0.05, 0) is 30.7 Å². The summed E-state index contributed by atoms with van der Waals surface area (Å²) in [5.74, 6) is 2.15. The Labute approximate surface area is 118 Å². The number of hydrogen-bond donors (Lipinski definition) is 1. The van der Waals surface area contributed by atoms with Crippen LogP contribution >= 0.6 is 0 Å². The van der Waals surface area contributed by atoms with Crippen molar-refractivity contribution in [2.24, 2.45) is 5.92 Å². The molecule has 1 aromatic heterocycles. The van der Waals surface area contributed by atoms with Crippen LogP contribution < -0.4 is 10.1 Å². The first kappa shape index (κ1) is 12.9. The molecule has 1 N–H and O–H groups in total. The quantitative estimate of drug-likeness (QED) is 0.905. The highest BCUT2D eigenvalue weighted by molar-refractivity contribution is 5.57. The molecule has 1 fully saturated rings. The number of hydrogen-bond acceptors (Lipinski definition) is 4. The van der Waals surface area contributed by atoms with E-state index in [2.05, 4.69) is 10.3 Å². The largest absolute Gasteiger partial charge is 0.454 e. The van der Waals surface area contributed by atoms with E-state index in [-0.39, 0.29) is 0 Å². The summed E-state index contributed by atoms with van der Waals surface area (Å²) in [6.45, 7) is 2.63. The molecule has 2 aromatic rings. The van der Waals surface area contributed by atoms with E-state index in [9.17, 15) is 0 Å². The van der Waals surface area contributed by atoms with Crippen LogP contribution in [0.1, 0.15) is 6.42 Å². The van der Waals surface area contributed by atoms with E-state index in [0.717, 1.165) is 43.4 Å². The molecule has 104 valence electrons. The van der Waals surface area contributed by atoms with Crippen LogP contribution in [-0.2, 0) is 4.74 Å². The van der Waals surface area contributed by atoms with Crippen LogP contribution in [0.2, 0.25) is 0 Å². The zero-order chi connectivity index (χ0) is 13.6. The maximum Gasteiger partial charge on any atom is 0.150 e. The minimum atomic E-state index is 0.585. The van der Waals surface area contributed by atoms with Gasteiger partial charge in [-0.1, -0.05) is 12.1 Å². The van der Waals surface area contributed by atoms with Gasteiger partial charge in [-0.3, -0.25) is 4.98 Å². The number of nitrogens with zero attached hydrogens (tertiary/aromatic N) is 1. The molecule has 1 aliphatic rings. The fourth-order valence-electron chi connectivity index (χ4n) is 2.23. The molecule has 2 heterocycles. The molecule has 3 rings (SSSR count). The number of benzene rings is 1. The molecule has 1 saturated heterocycles. The van der Waals surface area contributed by atoms with Gasteiger partial charge >= 0.3 is 0 Å². The minimum Gasteiger partial charge on any atom is -0.454 e. The second kappa shape index (κ2) is 6.39. The van der Waals surface area contributed by atoms with Crippen LogP contribution in [0.3, 0.4) is 0 Å². The van der Waals surface area contributed by atoms with E-state index in [1.807, 2.05) is 36.4 Å². The van der Waals surface area contributed by atoms with Crippen LogP contribution in [0.5, 0.6) is 11.5 Å². The molecule has 0 spiro atoms. The van der Waals surface area contributed by atoms with E-state index in [1.165, 1.54) is 0 Å². The third kappa shape index (κ3) is 3.27. The van der Waals surface area contributed by atoms with Gasteiger partial charge in [-0.15, -0.1) is 0 Å². The molecule has 0 unspecified atom stereocenters. The van der Waals surface area contributed by atoms with Gasteiger partial charge in [0.1, 0.15) is 5.75 Å². The molecule has 20 heavy (non-hydrogen) atoms. The molecule has 0 saturated carbocycles. The van der Waals surface area contributed by atoms with Crippen molar-refractivity contribution in [3.63, 3.8) is 0 Å². The predicted molar refractivity (Wildman–Crippen MR) is 78.2 cm³/mol. The van der Waals surface area contributed by atoms with Gasteiger partial charge in [0.05, 0.1) is 18.5 Å². The average molecular weight is 270 g/mol. The van der Waals surface area contributed by atoms with Gasteiger partial charge in [0.15, 0.2) is 5.75 Å². The number of rotatable bonds is 5. The first-order chi connectivity index (χ1) is 9.92. The van der Waals surface area contributed by atoms with Crippen molar-refractivity contribution in [1.82, 2.24) is 4.98 Å². The Morgan fingerprint density at radius 1 is 1.25 bits per heavy atom. The first-order valence-corrected chi connectivity index (χ1v) is 6.90. The van der Waals surface area contributed by atoms with Gasteiger partial charge in [-0.25, -0.2) is 0 Å². The number of aromatic nitrogens is 1. The van der Waals surface area contributed by atoms with Gasteiger partial charge in [0, 0.05) is 25.3 Å². The molecular formula is C16H18N2O2. The zero-order valence-corrected chi connectivity index (χ0v) is 11.3. The van der Waals surface area contributed by atoms with Gasteiger partial charge < -0.3 is 14.8 Å². The Morgan fingerprint density at radius 3 is 3.00 bits per heavy atom. The average Bonchev–Trinajstić information content (AvgIpc) is 3.01. The van der Waals surface area contributed by atoms with Crippen molar-refractivity contribution in [2.75, 3.05) is 25.1 Å². The van der Waals surface area contributed by atoms with Crippen molar-refractivity contribution in [1.29, 1.82) is 0 Å². The van der Waals surface area contributed by atoms with E-state index in [0.29, 0.717) is 5.92 Å². The molecule has 0 aliphatic carbocycles. The molecule has 4 heteroatoms. The summed E-state index contributed by atoms with van der Waals surface area (Å²) in [7, 11) is 0. The summed E-state index contributed by atoms with van der Waals surface area (Å²) >= 11 is 0. The fraction of sp³-hybridized carbons (Fsp3) is 0.312. The second-order valence-corrected chi connectivity index (χ2v) is 4.90. The van der Waals surface area contributed by atoms with Crippen LogP contribution in [0.15, 0.2) is 48.8 Å². The maximum atomic E-state index is 5.87. The van der Waals surface area contributed by atoms with Gasteiger partial charge in [0.2, 0.25) is 0 Å². The topological polar surface area (TPSA) is 43.4 Å². The summed E-state index contributed by atoms with van der Waals surface area (Å²) in [6, 6.07) is 11.7. The van der Waals surface area contributed by atoms with Gasteiger partial charge in [-0.2, -0.15) is 0 Å². The molecular weight excluding hydrogens is 252 g/mol. The third-order valence-electron chi connectivity index (χ3n) is 3.35. The second-order valence-electron chi connectivity index (χ2n) is 4.90. The summed E-state index contributed by atoms with van der Waals surface area (Å²) in [5, 5.41) is 3.45. The monoisotopic (exact) mass is 270 g/mol. The summed E-state index contributed by atoms with van der Waals surface area (Å²) in [4.78, 5) is 4.06. The molecule has 1 aromatic carbocycles. The molecule has 0 bridgehead atoms. The van der Waals surface area contributed by atoms with Crippen LogP contribution in [-0.4, -0.2) is 24.7 Å². The lowest BCUT2D eigenvalue weighted by Crippen LogP contribution is -2.14. The number of ether oxygens (including phenoxy) is 2. The minimum absolute atomic E-state index is 0.585. The van der Waals surface area contributed by atoms with E-state index < -0.39 is 0 Å². The van der Waals surface area contributed by atoms with Crippen molar-refractivity contribution < 1.29 is 9.47 Å². The smallest absolute Gasteiger partial charge is 0.150 e. The van der Waals surface area contributed by atoms with E-state index >= 15 is 0 Å². The number of anilines is 1. The predicted octanol–water partition coefficient (Wildman–Crippen LogP) is 3.32. The summed E-state index contributed by atoms with van der Waals surface area (Å²) < 4.78 is 11.3. The fourth-order valence-corrected chi connectivity index (χ4v) is 2.23.